The van der Waals surface area contributed by atoms with Crippen molar-refractivity contribution in [1.82, 2.24) is 0 Å². The smallest absolute Gasteiger partial charge is 0.193 e. The van der Waals surface area contributed by atoms with Crippen molar-refractivity contribution in [1.29, 1.82) is 0 Å². The average molecular weight is 388 g/mol. The Balaban J connectivity index is 1.45. The Morgan fingerprint density at radius 2 is 1.39 bits per heavy atom. The summed E-state index contributed by atoms with van der Waals surface area (Å²) < 4.78 is 0. The largest absolute Gasteiger partial charge is 0.372 e. The van der Waals surface area contributed by atoms with Crippen LogP contribution in [0.25, 0.3) is 0 Å². The zero-order valence-corrected chi connectivity index (χ0v) is 17.0. The first-order valence-electron chi connectivity index (χ1n) is 9.94. The minimum atomic E-state index is 0.0811. The van der Waals surface area contributed by atoms with Gasteiger partial charge in [0.1, 0.15) is 0 Å². The van der Waals surface area contributed by atoms with Gasteiger partial charge >= 0.3 is 0 Å². The molecule has 1 heterocycles. The molecule has 4 rings (SSSR count). The van der Waals surface area contributed by atoms with Gasteiger partial charge in [0, 0.05) is 39.7 Å². The third kappa shape index (κ3) is 4.31. The van der Waals surface area contributed by atoms with Gasteiger partial charge < -0.3 is 4.90 Å². The third-order valence-electron chi connectivity index (χ3n) is 5.29. The van der Waals surface area contributed by atoms with Gasteiger partial charge in [-0.3, -0.25) is 4.79 Å². The van der Waals surface area contributed by atoms with Crippen LogP contribution in [0, 0.1) is 6.92 Å². The van der Waals surface area contributed by atoms with Gasteiger partial charge in [-0.15, -0.1) is 0 Å². The first-order valence-corrected chi connectivity index (χ1v) is 10.8. The lowest BCUT2D eigenvalue weighted by atomic mass is 10.0. The van der Waals surface area contributed by atoms with E-state index >= 15 is 0 Å². The van der Waals surface area contributed by atoms with Crippen molar-refractivity contribution in [2.24, 2.45) is 0 Å². The lowest BCUT2D eigenvalue weighted by Gasteiger charge is -2.28. The summed E-state index contributed by atoms with van der Waals surface area (Å²) in [6.07, 6.45) is 3.84. The van der Waals surface area contributed by atoms with Crippen LogP contribution in [0.2, 0.25) is 0 Å². The van der Waals surface area contributed by atoms with Gasteiger partial charge in [-0.2, -0.15) is 0 Å². The summed E-state index contributed by atoms with van der Waals surface area (Å²) in [6, 6.07) is 24.4. The molecule has 0 atom stereocenters. The highest BCUT2D eigenvalue weighted by molar-refractivity contribution is 7.99. The fraction of sp³-hybridized carbons (Fsp3) is 0.240. The second-order valence-corrected chi connectivity index (χ2v) is 8.43. The first kappa shape index (κ1) is 18.8. The number of ketones is 1. The third-order valence-corrected chi connectivity index (χ3v) is 6.47. The summed E-state index contributed by atoms with van der Waals surface area (Å²) in [6.45, 7) is 4.36. The van der Waals surface area contributed by atoms with Crippen molar-refractivity contribution in [3.8, 4) is 0 Å². The number of carbonyl (C=O) groups excluding carboxylic acids is 1. The molecule has 1 aliphatic heterocycles. The number of hydrogen-bond donors (Lipinski definition) is 0. The molecule has 3 heteroatoms. The molecule has 0 spiro atoms. The van der Waals surface area contributed by atoms with Crippen molar-refractivity contribution in [2.45, 2.75) is 36.0 Å². The van der Waals surface area contributed by atoms with E-state index in [1.807, 2.05) is 36.4 Å². The quantitative estimate of drug-likeness (QED) is 0.475. The zero-order valence-electron chi connectivity index (χ0n) is 16.2. The van der Waals surface area contributed by atoms with E-state index in [1.165, 1.54) is 35.4 Å². The van der Waals surface area contributed by atoms with E-state index in [1.54, 1.807) is 11.8 Å². The Kier molecular flexibility index (Phi) is 5.82. The Labute approximate surface area is 171 Å². The highest BCUT2D eigenvalue weighted by atomic mass is 32.2. The fourth-order valence-electron chi connectivity index (χ4n) is 3.61. The summed E-state index contributed by atoms with van der Waals surface area (Å²) >= 11 is 1.73. The van der Waals surface area contributed by atoms with E-state index in [-0.39, 0.29) is 5.78 Å². The Morgan fingerprint density at radius 1 is 0.786 bits per heavy atom. The highest BCUT2D eigenvalue weighted by Gasteiger charge is 2.13. The molecule has 0 radical (unpaired) electrons. The average Bonchev–Trinajstić information content (AvgIpc) is 2.76. The molecule has 0 amide bonds. The Hall–Kier alpha value is -2.52. The number of piperidine rings is 1. The minimum Gasteiger partial charge on any atom is -0.372 e. The molecular weight excluding hydrogens is 362 g/mol. The number of aryl methyl sites for hydroxylation is 1. The summed E-state index contributed by atoms with van der Waals surface area (Å²) in [5.74, 6) is 0.0811. The van der Waals surface area contributed by atoms with E-state index in [4.69, 9.17) is 0 Å². The predicted octanol–water partition coefficient (Wildman–Crippen LogP) is 6.37. The normalized spacial score (nSPS) is 14.1. The Bertz CT molecular complexity index is 941. The first-order chi connectivity index (χ1) is 13.7. The summed E-state index contributed by atoms with van der Waals surface area (Å²) in [5.41, 5.74) is 3.97. The van der Waals surface area contributed by atoms with Crippen LogP contribution >= 0.6 is 11.8 Å². The maximum atomic E-state index is 12.8. The van der Waals surface area contributed by atoms with Crippen LogP contribution in [-0.4, -0.2) is 18.9 Å². The van der Waals surface area contributed by atoms with Gasteiger partial charge in [-0.1, -0.05) is 30.0 Å². The molecule has 3 aromatic carbocycles. The molecule has 3 aromatic rings. The van der Waals surface area contributed by atoms with Gasteiger partial charge in [0.25, 0.3) is 0 Å². The van der Waals surface area contributed by atoms with Crippen LogP contribution in [0.4, 0.5) is 5.69 Å². The summed E-state index contributed by atoms with van der Waals surface area (Å²) in [7, 11) is 0. The monoisotopic (exact) mass is 387 g/mol. The summed E-state index contributed by atoms with van der Waals surface area (Å²) in [4.78, 5) is 17.6. The van der Waals surface area contributed by atoms with Gasteiger partial charge in [0.2, 0.25) is 0 Å². The number of anilines is 1. The molecule has 2 nitrogen and oxygen atoms in total. The maximum absolute atomic E-state index is 12.8. The SMILES string of the molecule is Cc1ccccc1Sc1ccc(C(=O)c2ccc(N3CCCCC3)cc2)cc1. The predicted molar refractivity (Wildman–Crippen MR) is 118 cm³/mol. The van der Waals surface area contributed by atoms with Crippen LogP contribution in [0.5, 0.6) is 0 Å². The minimum absolute atomic E-state index is 0.0811. The molecule has 1 aliphatic rings. The molecule has 0 aromatic heterocycles. The number of nitrogens with zero attached hydrogens (tertiary/aromatic N) is 1. The number of hydrogen-bond acceptors (Lipinski definition) is 3. The fourth-order valence-corrected chi connectivity index (χ4v) is 4.52. The Morgan fingerprint density at radius 3 is 2.04 bits per heavy atom. The summed E-state index contributed by atoms with van der Waals surface area (Å²) in [5, 5.41) is 0. The van der Waals surface area contributed by atoms with Gasteiger partial charge in [-0.25, -0.2) is 0 Å². The van der Waals surface area contributed by atoms with Crippen LogP contribution < -0.4 is 4.90 Å². The topological polar surface area (TPSA) is 20.3 Å². The molecule has 142 valence electrons. The van der Waals surface area contributed by atoms with Crippen LogP contribution in [0.1, 0.15) is 40.7 Å². The standard InChI is InChI=1S/C25H25NOS/c1-19-7-3-4-8-24(19)28-23-15-11-21(12-16-23)25(27)20-9-13-22(14-10-20)26-17-5-2-6-18-26/h3-4,7-16H,2,5-6,17-18H2,1H3. The van der Waals surface area contributed by atoms with Crippen LogP contribution in [0.3, 0.4) is 0 Å². The maximum Gasteiger partial charge on any atom is 0.193 e. The molecule has 0 bridgehead atoms. The van der Waals surface area contributed by atoms with E-state index in [9.17, 15) is 4.79 Å². The van der Waals surface area contributed by atoms with Crippen molar-refractivity contribution < 1.29 is 4.79 Å². The van der Waals surface area contributed by atoms with Crippen molar-refractivity contribution in [2.75, 3.05) is 18.0 Å². The van der Waals surface area contributed by atoms with Crippen molar-refractivity contribution in [3.63, 3.8) is 0 Å². The molecular formula is C25H25NOS. The molecule has 0 saturated carbocycles. The van der Waals surface area contributed by atoms with Gasteiger partial charge in [0.15, 0.2) is 5.78 Å². The van der Waals surface area contributed by atoms with E-state index in [0.717, 1.165) is 29.1 Å². The molecule has 0 N–H and O–H groups in total. The molecule has 1 fully saturated rings. The number of carbonyl (C=O) groups is 1. The second-order valence-electron chi connectivity index (χ2n) is 7.32. The lowest BCUT2D eigenvalue weighted by Crippen LogP contribution is -2.29. The molecule has 28 heavy (non-hydrogen) atoms. The van der Waals surface area contributed by atoms with Gasteiger partial charge in [-0.05, 0) is 86.3 Å². The molecule has 0 unspecified atom stereocenters. The van der Waals surface area contributed by atoms with E-state index in [0.29, 0.717) is 0 Å². The van der Waals surface area contributed by atoms with Crippen molar-refractivity contribution >= 4 is 23.2 Å². The van der Waals surface area contributed by atoms with Gasteiger partial charge in [0.05, 0.1) is 0 Å². The highest BCUT2D eigenvalue weighted by Crippen LogP contribution is 2.30. The molecule has 0 aliphatic carbocycles. The van der Waals surface area contributed by atoms with Crippen LogP contribution in [0.15, 0.2) is 82.6 Å². The molecule has 1 saturated heterocycles. The van der Waals surface area contributed by atoms with E-state index in [2.05, 4.69) is 48.2 Å². The number of benzene rings is 3. The van der Waals surface area contributed by atoms with Crippen LogP contribution in [-0.2, 0) is 0 Å². The zero-order chi connectivity index (χ0) is 19.3. The number of rotatable bonds is 5. The van der Waals surface area contributed by atoms with E-state index < -0.39 is 0 Å². The second kappa shape index (κ2) is 8.66. The van der Waals surface area contributed by atoms with Crippen molar-refractivity contribution in [3.05, 3.63) is 89.5 Å². The lowest BCUT2D eigenvalue weighted by molar-refractivity contribution is 0.103.